The van der Waals surface area contributed by atoms with Crippen LogP contribution in [0.15, 0.2) is 48.5 Å². The van der Waals surface area contributed by atoms with Gasteiger partial charge in [0.25, 0.3) is 0 Å². The first kappa shape index (κ1) is 16.5. The van der Waals surface area contributed by atoms with Crippen molar-refractivity contribution in [2.75, 3.05) is 13.3 Å². The van der Waals surface area contributed by atoms with Gasteiger partial charge in [-0.15, -0.1) is 0 Å². The second kappa shape index (κ2) is 6.65. The summed E-state index contributed by atoms with van der Waals surface area (Å²) in [6, 6.07) is 15.4. The number of ether oxygens (including phenoxy) is 2. The monoisotopic (exact) mass is 325 g/mol. The van der Waals surface area contributed by atoms with E-state index in [0.717, 1.165) is 22.6 Å². The van der Waals surface area contributed by atoms with Gasteiger partial charge in [0.05, 0.1) is 6.54 Å². The smallest absolute Gasteiger partial charge is 0.231 e. The zero-order valence-corrected chi connectivity index (χ0v) is 14.4. The molecule has 0 radical (unpaired) electrons. The SMILES string of the molecule is CC(C)(C)N(CC(=O)c1ccccc1)Cc1ccc2c(c1)OCO2. The predicted molar refractivity (Wildman–Crippen MR) is 93.5 cm³/mol. The Morgan fingerprint density at radius 2 is 1.75 bits per heavy atom. The Morgan fingerprint density at radius 1 is 1.04 bits per heavy atom. The van der Waals surface area contributed by atoms with Crippen molar-refractivity contribution in [1.29, 1.82) is 0 Å². The highest BCUT2D eigenvalue weighted by atomic mass is 16.7. The number of carbonyl (C=O) groups excluding carboxylic acids is 1. The quantitative estimate of drug-likeness (QED) is 0.782. The number of benzene rings is 2. The van der Waals surface area contributed by atoms with E-state index in [-0.39, 0.29) is 18.1 Å². The minimum absolute atomic E-state index is 0.124. The van der Waals surface area contributed by atoms with E-state index in [9.17, 15) is 4.79 Å². The van der Waals surface area contributed by atoms with Gasteiger partial charge >= 0.3 is 0 Å². The lowest BCUT2D eigenvalue weighted by atomic mass is 10.0. The molecule has 0 amide bonds. The van der Waals surface area contributed by atoms with E-state index in [1.54, 1.807) is 0 Å². The van der Waals surface area contributed by atoms with Crippen LogP contribution in [-0.4, -0.2) is 29.6 Å². The van der Waals surface area contributed by atoms with Crippen LogP contribution in [0.3, 0.4) is 0 Å². The lowest BCUT2D eigenvalue weighted by molar-refractivity contribution is 0.0793. The van der Waals surface area contributed by atoms with Gasteiger partial charge in [-0.3, -0.25) is 9.69 Å². The highest BCUT2D eigenvalue weighted by molar-refractivity contribution is 5.97. The molecule has 0 aromatic heterocycles. The van der Waals surface area contributed by atoms with Crippen LogP contribution in [0, 0.1) is 0 Å². The highest BCUT2D eigenvalue weighted by Gasteiger charge is 2.25. The molecule has 0 saturated carbocycles. The maximum atomic E-state index is 12.6. The van der Waals surface area contributed by atoms with Crippen molar-refractivity contribution in [1.82, 2.24) is 4.90 Å². The molecule has 0 N–H and O–H groups in total. The fourth-order valence-corrected chi connectivity index (χ4v) is 2.68. The first-order chi connectivity index (χ1) is 11.4. The van der Waals surface area contributed by atoms with Crippen LogP contribution in [0.4, 0.5) is 0 Å². The molecular formula is C20H23NO3. The number of Topliss-reactive ketones (excluding diaryl/α,β-unsaturated/α-hetero) is 1. The zero-order chi connectivity index (χ0) is 17.2. The van der Waals surface area contributed by atoms with Gasteiger partial charge in [-0.25, -0.2) is 0 Å². The van der Waals surface area contributed by atoms with Gasteiger partial charge in [0.2, 0.25) is 6.79 Å². The van der Waals surface area contributed by atoms with Crippen LogP contribution in [0.2, 0.25) is 0 Å². The third kappa shape index (κ3) is 3.77. The lowest BCUT2D eigenvalue weighted by Crippen LogP contribution is -2.43. The fourth-order valence-electron chi connectivity index (χ4n) is 2.68. The van der Waals surface area contributed by atoms with Crippen molar-refractivity contribution in [3.05, 3.63) is 59.7 Å². The molecule has 3 rings (SSSR count). The molecule has 0 atom stereocenters. The highest BCUT2D eigenvalue weighted by Crippen LogP contribution is 2.33. The van der Waals surface area contributed by atoms with Crippen LogP contribution in [0.25, 0.3) is 0 Å². The predicted octanol–water partition coefficient (Wildman–Crippen LogP) is 3.90. The van der Waals surface area contributed by atoms with E-state index < -0.39 is 0 Å². The van der Waals surface area contributed by atoms with Crippen LogP contribution >= 0.6 is 0 Å². The number of ketones is 1. The summed E-state index contributed by atoms with van der Waals surface area (Å²) in [4.78, 5) is 14.8. The van der Waals surface area contributed by atoms with Gasteiger partial charge in [-0.1, -0.05) is 36.4 Å². The summed E-state index contributed by atoms with van der Waals surface area (Å²) < 4.78 is 10.8. The number of rotatable bonds is 5. The first-order valence-corrected chi connectivity index (χ1v) is 8.15. The molecule has 4 heteroatoms. The second-order valence-electron chi connectivity index (χ2n) is 7.00. The Labute approximate surface area is 143 Å². The van der Waals surface area contributed by atoms with Gasteiger partial charge in [0.15, 0.2) is 17.3 Å². The standard InChI is InChI=1S/C20H23NO3/c1-20(2,3)21(13-17(22)16-7-5-4-6-8-16)12-15-9-10-18-19(11-15)24-14-23-18/h4-11H,12-14H2,1-3H3. The molecule has 1 heterocycles. The lowest BCUT2D eigenvalue weighted by Gasteiger charge is -2.35. The number of hydrogen-bond donors (Lipinski definition) is 0. The molecule has 2 aromatic carbocycles. The molecule has 0 fully saturated rings. The average Bonchev–Trinajstić information content (AvgIpc) is 3.02. The Balaban J connectivity index is 1.76. The van der Waals surface area contributed by atoms with Crippen LogP contribution < -0.4 is 9.47 Å². The Bertz CT molecular complexity index is 719. The molecule has 0 spiro atoms. The summed E-state index contributed by atoms with van der Waals surface area (Å²) in [7, 11) is 0. The molecule has 1 aliphatic heterocycles. The van der Waals surface area contributed by atoms with Gasteiger partial charge in [-0.05, 0) is 38.5 Å². The molecule has 126 valence electrons. The number of fused-ring (bicyclic) bond motifs is 1. The molecule has 0 bridgehead atoms. The van der Waals surface area contributed by atoms with Crippen LogP contribution in [0.1, 0.15) is 36.7 Å². The zero-order valence-electron chi connectivity index (χ0n) is 14.4. The van der Waals surface area contributed by atoms with Crippen molar-refractivity contribution in [3.8, 4) is 11.5 Å². The second-order valence-corrected chi connectivity index (χ2v) is 7.00. The summed E-state index contributed by atoms with van der Waals surface area (Å²) in [6.45, 7) is 7.70. The number of hydrogen-bond acceptors (Lipinski definition) is 4. The van der Waals surface area contributed by atoms with E-state index in [4.69, 9.17) is 9.47 Å². The van der Waals surface area contributed by atoms with Gasteiger partial charge < -0.3 is 9.47 Å². The van der Waals surface area contributed by atoms with Crippen LogP contribution in [0.5, 0.6) is 11.5 Å². The van der Waals surface area contributed by atoms with Crippen molar-refractivity contribution in [2.45, 2.75) is 32.9 Å². The van der Waals surface area contributed by atoms with Gasteiger partial charge in [0.1, 0.15) is 0 Å². The van der Waals surface area contributed by atoms with Gasteiger partial charge in [-0.2, -0.15) is 0 Å². The Hall–Kier alpha value is -2.33. The van der Waals surface area contributed by atoms with Crippen LogP contribution in [-0.2, 0) is 6.54 Å². The molecule has 0 saturated heterocycles. The van der Waals surface area contributed by atoms with Crippen molar-refractivity contribution >= 4 is 5.78 Å². The summed E-state index contributed by atoms with van der Waals surface area (Å²) in [5.41, 5.74) is 1.73. The van der Waals surface area contributed by atoms with Crippen molar-refractivity contribution in [2.24, 2.45) is 0 Å². The molecule has 2 aromatic rings. The van der Waals surface area contributed by atoms with Gasteiger partial charge in [0, 0.05) is 17.6 Å². The Kier molecular flexibility index (Phi) is 4.58. The number of carbonyl (C=O) groups is 1. The molecular weight excluding hydrogens is 302 g/mol. The largest absolute Gasteiger partial charge is 0.454 e. The summed E-state index contributed by atoms with van der Waals surface area (Å²) in [5.74, 6) is 1.68. The molecule has 1 aliphatic rings. The average molecular weight is 325 g/mol. The first-order valence-electron chi connectivity index (χ1n) is 8.15. The fraction of sp³-hybridized carbons (Fsp3) is 0.350. The van der Waals surface area contributed by atoms with E-state index in [1.165, 1.54) is 0 Å². The molecule has 0 aliphatic carbocycles. The van der Waals surface area contributed by atoms with E-state index in [2.05, 4.69) is 25.7 Å². The summed E-state index contributed by atoms with van der Waals surface area (Å²) >= 11 is 0. The Morgan fingerprint density at radius 3 is 2.46 bits per heavy atom. The minimum atomic E-state index is -0.124. The molecule has 24 heavy (non-hydrogen) atoms. The third-order valence-corrected chi connectivity index (χ3v) is 4.19. The third-order valence-electron chi connectivity index (χ3n) is 4.19. The van der Waals surface area contributed by atoms with Crippen molar-refractivity contribution in [3.63, 3.8) is 0 Å². The number of nitrogens with zero attached hydrogens (tertiary/aromatic N) is 1. The minimum Gasteiger partial charge on any atom is -0.454 e. The molecule has 4 nitrogen and oxygen atoms in total. The molecule has 0 unspecified atom stereocenters. The van der Waals surface area contributed by atoms with Crippen molar-refractivity contribution < 1.29 is 14.3 Å². The van der Waals surface area contributed by atoms with E-state index in [0.29, 0.717) is 13.1 Å². The summed E-state index contributed by atoms with van der Waals surface area (Å²) in [6.07, 6.45) is 0. The topological polar surface area (TPSA) is 38.8 Å². The van der Waals surface area contributed by atoms with E-state index >= 15 is 0 Å². The maximum Gasteiger partial charge on any atom is 0.231 e. The normalized spacial score (nSPS) is 13.3. The summed E-state index contributed by atoms with van der Waals surface area (Å²) in [5, 5.41) is 0. The maximum absolute atomic E-state index is 12.6. The van der Waals surface area contributed by atoms with E-state index in [1.807, 2.05) is 48.5 Å².